The summed E-state index contributed by atoms with van der Waals surface area (Å²) in [6.45, 7) is 24.1. The Morgan fingerprint density at radius 1 is 0.545 bits per heavy atom. The van der Waals surface area contributed by atoms with E-state index in [1.54, 1.807) is 41.5 Å². The van der Waals surface area contributed by atoms with Crippen molar-refractivity contribution in [1.29, 1.82) is 0 Å². The van der Waals surface area contributed by atoms with Crippen LogP contribution in [0.5, 0.6) is 0 Å². The van der Waals surface area contributed by atoms with Crippen LogP contribution in [0.25, 0.3) is 4.65 Å². The summed E-state index contributed by atoms with van der Waals surface area (Å²) in [4.78, 5) is 0. The summed E-state index contributed by atoms with van der Waals surface area (Å²) < 4.78 is 4.82. The summed E-state index contributed by atoms with van der Waals surface area (Å²) in [5.41, 5.74) is 0. The third-order valence-corrected chi connectivity index (χ3v) is 6.04. The molecule has 0 heterocycles. The zero-order chi connectivity index (χ0) is 18.4. The summed E-state index contributed by atoms with van der Waals surface area (Å²) in [6, 6.07) is 0. The molecule has 0 aromatic heterocycles. The molecular weight excluding hydrogens is 346 g/mol. The second kappa shape index (κ2) is 18.3. The summed E-state index contributed by atoms with van der Waals surface area (Å²) in [7, 11) is -2.21. The van der Waals surface area contributed by atoms with Gasteiger partial charge in [-0.3, -0.25) is 0 Å². The minimum atomic E-state index is -1.11. The first kappa shape index (κ1) is 34.3. The molecular formula is C15H42NO3Si2Ti-. The summed E-state index contributed by atoms with van der Waals surface area (Å²) >= 11 is 0. The monoisotopic (exact) mass is 388 g/mol. The quantitative estimate of drug-likeness (QED) is 0.621. The molecule has 0 radical (unpaired) electrons. The number of hydrogen-bond acceptors (Lipinski definition) is 3. The van der Waals surface area contributed by atoms with Gasteiger partial charge in [-0.1, -0.05) is 55.8 Å². The largest absolute Gasteiger partial charge is 0.668 e. The molecule has 22 heavy (non-hydrogen) atoms. The molecule has 0 aliphatic carbocycles. The van der Waals surface area contributed by atoms with Crippen LogP contribution in [-0.2, 0) is 21.7 Å². The number of hydrogen-bond donors (Lipinski definition) is 3. The molecule has 0 atom stereocenters. The van der Waals surface area contributed by atoms with E-state index in [-0.39, 0.29) is 40.0 Å². The van der Waals surface area contributed by atoms with Crippen molar-refractivity contribution in [2.24, 2.45) is 0 Å². The molecule has 0 aromatic carbocycles. The molecule has 0 fully saturated rings. The van der Waals surface area contributed by atoms with Gasteiger partial charge in [0.15, 0.2) is 0 Å². The first-order valence-corrected chi connectivity index (χ1v) is 14.6. The normalized spacial score (nSPS) is 10.6. The van der Waals surface area contributed by atoms with Crippen molar-refractivity contribution in [2.75, 3.05) is 0 Å². The van der Waals surface area contributed by atoms with Crippen LogP contribution in [0.2, 0.25) is 39.3 Å². The topological polar surface area (TPSA) is 74.8 Å². The van der Waals surface area contributed by atoms with Gasteiger partial charge in [0.05, 0.1) is 0 Å². The Hall–Kier alpha value is 0.988. The average molecular weight is 389 g/mol. The number of rotatable bonds is 2. The molecule has 0 saturated heterocycles. The second-order valence-corrected chi connectivity index (χ2v) is 17.3. The molecule has 3 N–H and O–H groups in total. The first-order chi connectivity index (χ1) is 8.90. The van der Waals surface area contributed by atoms with Crippen molar-refractivity contribution < 1.29 is 37.0 Å². The Balaban J connectivity index is -0.0000000632. The Labute approximate surface area is 157 Å². The molecule has 0 aliphatic rings. The van der Waals surface area contributed by atoms with Crippen molar-refractivity contribution in [3.63, 3.8) is 0 Å². The van der Waals surface area contributed by atoms with E-state index < -0.39 is 16.5 Å². The van der Waals surface area contributed by atoms with Crippen LogP contribution >= 0.6 is 0 Å². The number of nitrogens with zero attached hydrogens (tertiary/aromatic N) is 1. The Kier molecular flexibility index (Phi) is 28.6. The molecule has 0 amide bonds. The van der Waals surface area contributed by atoms with Gasteiger partial charge in [-0.05, 0) is 41.5 Å². The van der Waals surface area contributed by atoms with E-state index in [4.69, 9.17) is 20.0 Å². The van der Waals surface area contributed by atoms with Crippen LogP contribution in [0, 0.1) is 0 Å². The van der Waals surface area contributed by atoms with Crippen LogP contribution in [0.1, 0.15) is 41.5 Å². The van der Waals surface area contributed by atoms with Crippen LogP contribution < -0.4 is 0 Å². The van der Waals surface area contributed by atoms with E-state index in [0.29, 0.717) is 0 Å². The standard InChI is InChI=1S/C6H18NSi2.3C3H8O.Ti/c1-8(2,3)7-9(4,5)6;3*1-3(2)4;/h1-6H3;3*3-4H,1-2H3;/q-1;;;;. The Morgan fingerprint density at radius 2 is 0.636 bits per heavy atom. The van der Waals surface area contributed by atoms with Gasteiger partial charge in [0.25, 0.3) is 0 Å². The van der Waals surface area contributed by atoms with E-state index in [9.17, 15) is 0 Å². The third-order valence-electron chi connectivity index (χ3n) is 0.671. The fourth-order valence-corrected chi connectivity index (χ4v) is 9.06. The van der Waals surface area contributed by atoms with E-state index >= 15 is 0 Å². The molecule has 0 aromatic rings. The number of aliphatic hydroxyl groups is 3. The third kappa shape index (κ3) is 172. The molecule has 0 aliphatic heterocycles. The van der Waals surface area contributed by atoms with E-state index in [2.05, 4.69) is 39.3 Å². The van der Waals surface area contributed by atoms with Crippen molar-refractivity contribution >= 4 is 16.5 Å². The minimum Gasteiger partial charge on any atom is -0.668 e. The van der Waals surface area contributed by atoms with Gasteiger partial charge in [-0.2, -0.15) is 0 Å². The van der Waals surface area contributed by atoms with Crippen LogP contribution in [0.15, 0.2) is 0 Å². The van der Waals surface area contributed by atoms with Crippen molar-refractivity contribution in [1.82, 2.24) is 0 Å². The number of aliphatic hydroxyl groups excluding tert-OH is 3. The first-order valence-electron chi connectivity index (χ1n) is 7.69. The van der Waals surface area contributed by atoms with Gasteiger partial charge in [-0.15, -0.1) is 0 Å². The van der Waals surface area contributed by atoms with Crippen LogP contribution in [-0.4, -0.2) is 50.1 Å². The summed E-state index contributed by atoms with van der Waals surface area (Å²) in [5.74, 6) is 0. The fraction of sp³-hybridized carbons (Fsp3) is 1.00. The predicted molar refractivity (Wildman–Crippen MR) is 102 cm³/mol. The SMILES string of the molecule is CC(C)O.CC(C)O.CC(C)O.C[Si](C)(C)[N-][Si](C)(C)C.[Ti]. The Morgan fingerprint density at radius 3 is 0.636 bits per heavy atom. The van der Waals surface area contributed by atoms with E-state index in [1.807, 2.05) is 0 Å². The van der Waals surface area contributed by atoms with Crippen molar-refractivity contribution in [3.05, 3.63) is 4.65 Å². The molecule has 0 unspecified atom stereocenters. The van der Waals surface area contributed by atoms with Gasteiger partial charge in [0, 0.05) is 40.0 Å². The van der Waals surface area contributed by atoms with Gasteiger partial charge < -0.3 is 20.0 Å². The average Bonchev–Trinajstić information content (AvgIpc) is 1.89. The molecule has 0 bridgehead atoms. The van der Waals surface area contributed by atoms with Crippen molar-refractivity contribution in [3.8, 4) is 0 Å². The maximum absolute atomic E-state index is 8.06. The zero-order valence-corrected chi connectivity index (χ0v) is 20.6. The summed E-state index contributed by atoms with van der Waals surface area (Å²) in [6.07, 6.45) is -0.500. The van der Waals surface area contributed by atoms with Gasteiger partial charge in [-0.25, -0.2) is 0 Å². The molecule has 7 heteroatoms. The van der Waals surface area contributed by atoms with E-state index in [0.717, 1.165) is 0 Å². The molecule has 0 rings (SSSR count). The molecule has 138 valence electrons. The van der Waals surface area contributed by atoms with Crippen LogP contribution in [0.3, 0.4) is 0 Å². The minimum absolute atomic E-state index is 0. The van der Waals surface area contributed by atoms with Crippen LogP contribution in [0.4, 0.5) is 0 Å². The van der Waals surface area contributed by atoms with Gasteiger partial charge in [0.1, 0.15) is 0 Å². The Bertz CT molecular complexity index is 169. The van der Waals surface area contributed by atoms with Crippen molar-refractivity contribution in [2.45, 2.75) is 99.1 Å². The molecule has 0 saturated carbocycles. The maximum Gasteiger partial charge on any atom is 0.0483 e. The van der Waals surface area contributed by atoms with Gasteiger partial charge >= 0.3 is 0 Å². The van der Waals surface area contributed by atoms with E-state index in [1.165, 1.54) is 0 Å². The van der Waals surface area contributed by atoms with Gasteiger partial charge in [0.2, 0.25) is 0 Å². The predicted octanol–water partition coefficient (Wildman–Crippen LogP) is 4.19. The second-order valence-electron chi connectivity index (χ2n) is 7.73. The smallest absolute Gasteiger partial charge is 0.0483 e. The molecule has 0 spiro atoms. The fourth-order valence-electron chi connectivity index (χ4n) is 1.01. The maximum atomic E-state index is 8.06. The molecule has 4 nitrogen and oxygen atoms in total. The summed E-state index contributed by atoms with van der Waals surface area (Å²) in [5, 5.41) is 24.2. The zero-order valence-electron chi connectivity index (χ0n) is 17.0.